The molecule has 6 rings (SSSR count). The largest absolute Gasteiger partial charge is 0.492 e. The van der Waals surface area contributed by atoms with Gasteiger partial charge in [-0.2, -0.15) is 0 Å². The second-order valence-electron chi connectivity index (χ2n) is 13.6. The van der Waals surface area contributed by atoms with Crippen LogP contribution in [0.15, 0.2) is 36.4 Å². The lowest BCUT2D eigenvalue weighted by atomic mass is 9.81. The maximum absolute atomic E-state index is 14.7. The van der Waals surface area contributed by atoms with E-state index in [9.17, 15) is 19.2 Å². The first-order chi connectivity index (χ1) is 28.1. The number of benzene rings is 2. The van der Waals surface area contributed by atoms with Crippen molar-refractivity contribution in [2.75, 3.05) is 100.0 Å². The van der Waals surface area contributed by atoms with Gasteiger partial charge in [0.2, 0.25) is 0 Å². The Balaban J connectivity index is 1.39. The minimum atomic E-state index is -0.525. The van der Waals surface area contributed by atoms with Crippen LogP contribution in [0.4, 0.5) is 0 Å². The van der Waals surface area contributed by atoms with Crippen LogP contribution in [0.5, 0.6) is 0 Å². The van der Waals surface area contributed by atoms with E-state index in [1.807, 2.05) is 32.0 Å². The molecule has 2 aromatic heterocycles. The maximum Gasteiger partial charge on any atom is 0.262 e. The summed E-state index contributed by atoms with van der Waals surface area (Å²) in [5, 5.41) is 0.627. The normalized spacial score (nSPS) is 14.3. The molecule has 2 aliphatic heterocycles. The Morgan fingerprint density at radius 3 is 1.66 bits per heavy atom. The number of hydrogen-bond donors (Lipinski definition) is 0. The molecule has 0 unspecified atom stereocenters. The highest BCUT2D eigenvalue weighted by Gasteiger charge is 2.42. The molecule has 58 heavy (non-hydrogen) atoms. The average molecular weight is 835 g/mol. The summed E-state index contributed by atoms with van der Waals surface area (Å²) in [7, 11) is 3.19. The van der Waals surface area contributed by atoms with Crippen LogP contribution in [-0.4, -0.2) is 133 Å². The van der Waals surface area contributed by atoms with E-state index in [1.54, 1.807) is 44.6 Å². The molecule has 0 aliphatic carbocycles. The van der Waals surface area contributed by atoms with Gasteiger partial charge >= 0.3 is 0 Å². The van der Waals surface area contributed by atoms with E-state index >= 15 is 0 Å². The van der Waals surface area contributed by atoms with Gasteiger partial charge in [-0.05, 0) is 69.7 Å². The summed E-state index contributed by atoms with van der Waals surface area (Å²) in [6.07, 6.45) is 0. The minimum Gasteiger partial charge on any atom is -0.492 e. The minimum absolute atomic E-state index is 0.00277. The molecule has 0 spiro atoms. The Morgan fingerprint density at radius 1 is 0.586 bits per heavy atom. The summed E-state index contributed by atoms with van der Waals surface area (Å²) in [5.74, 6) is -1.29. The Hall–Kier alpha value is -4.32. The number of hydrogen-bond acceptors (Lipinski definition) is 13. The third kappa shape index (κ3) is 9.11. The van der Waals surface area contributed by atoms with Crippen molar-refractivity contribution in [1.29, 1.82) is 0 Å². The van der Waals surface area contributed by atoms with Crippen LogP contribution in [-0.2, 0) is 33.2 Å². The molecule has 310 valence electrons. The topological polar surface area (TPSA) is 139 Å². The summed E-state index contributed by atoms with van der Waals surface area (Å²) in [6, 6.07) is 11.4. The van der Waals surface area contributed by atoms with Crippen LogP contribution < -0.4 is 0 Å². The van der Waals surface area contributed by atoms with Gasteiger partial charge in [-0.15, -0.1) is 22.7 Å². The van der Waals surface area contributed by atoms with Crippen molar-refractivity contribution in [3.8, 4) is 10.4 Å². The van der Waals surface area contributed by atoms with E-state index in [1.165, 1.54) is 21.1 Å². The molecule has 0 bridgehead atoms. The summed E-state index contributed by atoms with van der Waals surface area (Å²) in [6.45, 7) is 11.5. The van der Waals surface area contributed by atoms with Crippen LogP contribution >= 0.6 is 22.7 Å². The van der Waals surface area contributed by atoms with E-state index in [-0.39, 0.29) is 61.8 Å². The predicted molar refractivity (Wildman–Crippen MR) is 223 cm³/mol. The second-order valence-corrected chi connectivity index (χ2v) is 16.0. The van der Waals surface area contributed by atoms with Gasteiger partial charge < -0.3 is 33.2 Å². The Kier molecular flexibility index (Phi) is 15.0. The van der Waals surface area contributed by atoms with E-state index in [0.717, 1.165) is 26.0 Å². The molecule has 15 heteroatoms. The quantitative estimate of drug-likeness (QED) is 0.0447. The number of methoxy groups -OCH3 is 2. The zero-order valence-electron chi connectivity index (χ0n) is 33.9. The van der Waals surface area contributed by atoms with Crippen LogP contribution in [0.3, 0.4) is 0 Å². The Bertz CT molecular complexity index is 2190. The summed E-state index contributed by atoms with van der Waals surface area (Å²) < 4.78 is 38.6. The standard InChI is InChI=1S/C43H50N2O11S2/c1-7-56-39(34-9-8-27(3)57-34)28(4)32-10-11-33(58-32)29-25-31-36-35(42(48)44(41(31)47)12-14-52-20-22-54-18-16-50-5)26(2)24-30-37(36)38(29)43(49)45(40(30)46)13-15-53-21-23-55-19-17-51-6/h8-11,24-25H,7,12-23H2,1-6H3/b39-28-. The molecule has 0 radical (unpaired) electrons. The fourth-order valence-electron chi connectivity index (χ4n) is 7.05. The number of aryl methyl sites for hydroxylation is 2. The van der Waals surface area contributed by atoms with Crippen molar-refractivity contribution in [3.05, 3.63) is 78.8 Å². The highest BCUT2D eigenvalue weighted by molar-refractivity contribution is 7.16. The molecule has 2 aromatic carbocycles. The van der Waals surface area contributed by atoms with Crippen molar-refractivity contribution in [2.45, 2.75) is 27.7 Å². The number of rotatable bonds is 23. The second kappa shape index (κ2) is 20.1. The monoisotopic (exact) mass is 834 g/mol. The first-order valence-corrected chi connectivity index (χ1v) is 20.9. The summed E-state index contributed by atoms with van der Waals surface area (Å²) >= 11 is 3.11. The van der Waals surface area contributed by atoms with Gasteiger partial charge in [0.05, 0.1) is 102 Å². The lowest BCUT2D eigenvalue weighted by Crippen LogP contribution is -2.45. The van der Waals surface area contributed by atoms with E-state index in [4.69, 9.17) is 33.2 Å². The van der Waals surface area contributed by atoms with Crippen molar-refractivity contribution in [3.63, 3.8) is 0 Å². The SMILES string of the molecule is CCO/C(=C(/C)c1ccc(-c2cc3c4c(c(C)cc5c4c2C(=O)N(CCOCCOCCOC)C5=O)C(=O)N(CCOCCOCCOC)C3=O)s1)c1ccc(C)s1. The van der Waals surface area contributed by atoms with Crippen LogP contribution in [0.1, 0.15) is 75.5 Å². The van der Waals surface area contributed by atoms with E-state index in [0.29, 0.717) is 73.0 Å². The van der Waals surface area contributed by atoms with Crippen molar-refractivity contribution in [1.82, 2.24) is 9.80 Å². The Morgan fingerprint density at radius 2 is 1.10 bits per heavy atom. The fourth-order valence-corrected chi connectivity index (χ4v) is 9.00. The predicted octanol–water partition coefficient (Wildman–Crippen LogP) is 6.72. The number of ether oxygens (including phenoxy) is 7. The van der Waals surface area contributed by atoms with Crippen molar-refractivity contribution >= 4 is 68.4 Å². The van der Waals surface area contributed by atoms with E-state index < -0.39 is 23.6 Å². The third-order valence-corrected chi connectivity index (χ3v) is 12.1. The van der Waals surface area contributed by atoms with E-state index in [2.05, 4.69) is 13.0 Å². The molecule has 4 heterocycles. The van der Waals surface area contributed by atoms with Gasteiger partial charge in [-0.25, -0.2) is 0 Å². The molecule has 13 nitrogen and oxygen atoms in total. The summed E-state index contributed by atoms with van der Waals surface area (Å²) in [5.41, 5.74) is 2.99. The highest BCUT2D eigenvalue weighted by Crippen LogP contribution is 2.46. The maximum atomic E-state index is 14.7. The highest BCUT2D eigenvalue weighted by atomic mass is 32.1. The molecular weight excluding hydrogens is 785 g/mol. The smallest absolute Gasteiger partial charge is 0.262 e. The van der Waals surface area contributed by atoms with Crippen LogP contribution in [0.2, 0.25) is 0 Å². The van der Waals surface area contributed by atoms with Crippen LogP contribution in [0, 0.1) is 13.8 Å². The first-order valence-electron chi connectivity index (χ1n) is 19.3. The molecule has 0 saturated heterocycles. The zero-order valence-corrected chi connectivity index (χ0v) is 35.5. The zero-order chi connectivity index (χ0) is 41.3. The third-order valence-electron chi connectivity index (χ3n) is 9.83. The average Bonchev–Trinajstić information content (AvgIpc) is 3.88. The molecule has 0 atom stereocenters. The lowest BCUT2D eigenvalue weighted by molar-refractivity contribution is 0.0187. The number of imide groups is 2. The molecule has 0 saturated carbocycles. The molecule has 0 N–H and O–H groups in total. The fraction of sp³-hybridized carbons (Fsp3) is 0.442. The number of amides is 4. The van der Waals surface area contributed by atoms with Gasteiger partial charge in [0.25, 0.3) is 23.6 Å². The molecule has 4 amide bonds. The number of allylic oxidation sites excluding steroid dienone is 1. The lowest BCUT2D eigenvalue weighted by Gasteiger charge is -2.34. The van der Waals surface area contributed by atoms with Gasteiger partial charge in [-0.3, -0.25) is 29.0 Å². The molecule has 2 aliphatic rings. The first kappa shape index (κ1) is 43.3. The van der Waals surface area contributed by atoms with Gasteiger partial charge in [-0.1, -0.05) is 0 Å². The number of carbonyl (C=O) groups is 4. The number of nitrogens with zero attached hydrogens (tertiary/aromatic N) is 2. The number of thiophene rings is 2. The Labute approximate surface area is 346 Å². The summed E-state index contributed by atoms with van der Waals surface area (Å²) in [4.78, 5) is 63.7. The number of carbonyl (C=O) groups excluding carboxylic acids is 4. The van der Waals surface area contributed by atoms with Crippen molar-refractivity contribution < 1.29 is 52.3 Å². The molecular formula is C43H50N2O11S2. The van der Waals surface area contributed by atoms with Crippen molar-refractivity contribution in [2.24, 2.45) is 0 Å². The molecule has 4 aromatic rings. The van der Waals surface area contributed by atoms with Gasteiger partial charge in [0.15, 0.2) is 0 Å². The van der Waals surface area contributed by atoms with Crippen LogP contribution in [0.25, 0.3) is 32.5 Å². The van der Waals surface area contributed by atoms with Gasteiger partial charge in [0.1, 0.15) is 5.76 Å². The molecule has 0 fully saturated rings. The van der Waals surface area contributed by atoms with Gasteiger partial charge in [0, 0.05) is 61.9 Å².